The van der Waals surface area contributed by atoms with E-state index in [1.165, 1.54) is 16.3 Å². The van der Waals surface area contributed by atoms with Crippen LogP contribution in [-0.2, 0) is 21.5 Å². The number of hydrogen-bond donors (Lipinski definition) is 2. The Hall–Kier alpha value is -4.65. The van der Waals surface area contributed by atoms with Gasteiger partial charge in [0.15, 0.2) is 11.6 Å². The number of carbonyl (C=O) groups is 3. The Morgan fingerprint density at radius 1 is 0.821 bits per heavy atom. The number of carbonyl (C=O) groups excluding carboxylic acids is 3. The number of fused-ring (bicyclic) bond motifs is 1. The highest BCUT2D eigenvalue weighted by Crippen LogP contribution is 2.52. The third-order valence-electron chi connectivity index (χ3n) is 7.24. The average molecular weight is 519 g/mol. The van der Waals surface area contributed by atoms with E-state index in [9.17, 15) is 14.4 Å². The second-order valence-corrected chi connectivity index (χ2v) is 9.82. The summed E-state index contributed by atoms with van der Waals surface area (Å²) in [5.74, 6) is -0.940. The molecule has 0 bridgehead atoms. The molecule has 1 aliphatic carbocycles. The van der Waals surface area contributed by atoms with Crippen molar-refractivity contribution in [3.05, 3.63) is 114 Å². The molecule has 5 rings (SSSR count). The Morgan fingerprint density at radius 2 is 1.54 bits per heavy atom. The van der Waals surface area contributed by atoms with Gasteiger partial charge in [0.1, 0.15) is 0 Å². The third-order valence-corrected chi connectivity index (χ3v) is 7.24. The molecule has 3 aromatic carbocycles. The second-order valence-electron chi connectivity index (χ2n) is 9.82. The first kappa shape index (κ1) is 26.0. The number of ketones is 1. The quantitative estimate of drug-likeness (QED) is 0.233. The minimum absolute atomic E-state index is 0.0460. The summed E-state index contributed by atoms with van der Waals surface area (Å²) in [6.07, 6.45) is 9.94. The Morgan fingerprint density at radius 3 is 2.33 bits per heavy atom. The molecule has 1 aromatic heterocycles. The number of hydrogen-bond acceptors (Lipinski definition) is 5. The van der Waals surface area contributed by atoms with Crippen molar-refractivity contribution in [3.8, 4) is 0 Å². The number of benzene rings is 3. The first-order valence-electron chi connectivity index (χ1n) is 13.1. The van der Waals surface area contributed by atoms with Gasteiger partial charge in [-0.1, -0.05) is 72.8 Å². The first-order chi connectivity index (χ1) is 19.0. The zero-order chi connectivity index (χ0) is 27.1. The van der Waals surface area contributed by atoms with Crippen molar-refractivity contribution in [2.24, 2.45) is 0 Å². The van der Waals surface area contributed by atoms with Crippen molar-refractivity contribution in [3.63, 3.8) is 0 Å². The molecule has 0 saturated heterocycles. The average Bonchev–Trinajstić information content (AvgIpc) is 3.78. The van der Waals surface area contributed by atoms with Crippen LogP contribution in [-0.4, -0.2) is 34.1 Å². The van der Waals surface area contributed by atoms with Crippen LogP contribution in [0.3, 0.4) is 0 Å². The summed E-state index contributed by atoms with van der Waals surface area (Å²) < 4.78 is 0. The van der Waals surface area contributed by atoms with Gasteiger partial charge >= 0.3 is 11.8 Å². The highest BCUT2D eigenvalue weighted by molar-refractivity contribution is 6.35. The Bertz CT molecular complexity index is 1530. The summed E-state index contributed by atoms with van der Waals surface area (Å²) in [6, 6.07) is 23.9. The van der Waals surface area contributed by atoms with Gasteiger partial charge in [0, 0.05) is 37.5 Å². The smallest absolute Gasteiger partial charge is 0.309 e. The van der Waals surface area contributed by atoms with Gasteiger partial charge in [0.25, 0.3) is 0 Å². The zero-order valence-corrected chi connectivity index (χ0v) is 21.6. The van der Waals surface area contributed by atoms with Crippen LogP contribution >= 0.6 is 0 Å². The van der Waals surface area contributed by atoms with Gasteiger partial charge in [-0.2, -0.15) is 0 Å². The van der Waals surface area contributed by atoms with Gasteiger partial charge in [0.2, 0.25) is 0 Å². The predicted octanol–water partition coefficient (Wildman–Crippen LogP) is 4.77. The summed E-state index contributed by atoms with van der Waals surface area (Å²) in [5, 5.41) is 7.60. The summed E-state index contributed by atoms with van der Waals surface area (Å²) in [7, 11) is 0. The molecule has 7 heteroatoms. The molecule has 0 radical (unpaired) electrons. The summed E-state index contributed by atoms with van der Waals surface area (Å²) in [5.41, 5.74) is 2.63. The van der Waals surface area contributed by atoms with Crippen LogP contribution in [0.2, 0.25) is 0 Å². The lowest BCUT2D eigenvalue weighted by atomic mass is 9.87. The molecular weight excluding hydrogens is 488 g/mol. The Balaban J connectivity index is 1.14. The van der Waals surface area contributed by atoms with E-state index in [0.717, 1.165) is 19.3 Å². The molecule has 0 unspecified atom stereocenters. The van der Waals surface area contributed by atoms with E-state index in [1.54, 1.807) is 36.7 Å². The topological polar surface area (TPSA) is 101 Å². The first-order valence-corrected chi connectivity index (χ1v) is 13.1. The number of Topliss-reactive ketones (excluding diaryl/α,β-unsaturated/α-hetero) is 1. The fourth-order valence-corrected chi connectivity index (χ4v) is 4.84. The molecule has 196 valence electrons. The molecule has 0 spiro atoms. The Labute approximate surface area is 227 Å². The van der Waals surface area contributed by atoms with E-state index in [0.29, 0.717) is 23.4 Å². The van der Waals surface area contributed by atoms with Crippen molar-refractivity contribution in [1.29, 1.82) is 0 Å². The fourth-order valence-electron chi connectivity index (χ4n) is 4.84. The largest absolute Gasteiger partial charge is 0.344 e. The van der Waals surface area contributed by atoms with Gasteiger partial charge in [0.05, 0.1) is 0 Å². The minimum atomic E-state index is -0.755. The van der Waals surface area contributed by atoms with Crippen LogP contribution in [0.5, 0.6) is 0 Å². The van der Waals surface area contributed by atoms with Gasteiger partial charge in [-0.05, 0) is 58.7 Å². The van der Waals surface area contributed by atoms with E-state index >= 15 is 0 Å². The van der Waals surface area contributed by atoms with Gasteiger partial charge in [-0.3, -0.25) is 14.4 Å². The highest BCUT2D eigenvalue weighted by Gasteiger charge is 2.44. The van der Waals surface area contributed by atoms with Crippen LogP contribution in [0.1, 0.15) is 53.0 Å². The summed E-state index contributed by atoms with van der Waals surface area (Å²) >= 11 is 0. The molecule has 1 heterocycles. The number of nitrogens with one attached hydrogen (secondary N) is 2. The molecule has 39 heavy (non-hydrogen) atoms. The van der Waals surface area contributed by atoms with Crippen molar-refractivity contribution < 1.29 is 14.4 Å². The standard InChI is InChI=1S/C32H30N4O3/c37-28(14-15-32(16-17-32)26-13-12-23-7-1-2-8-24(23)21-26)27-10-4-3-9-25(27)22-36-31(39)30(38)35-18-5-11-29-33-19-6-20-34-29/h1-13,19-21H,14-18,22H2,(H,35,38)(H,36,39)/b11-5+. The number of rotatable bonds is 10. The van der Waals surface area contributed by atoms with E-state index in [-0.39, 0.29) is 24.3 Å². The number of amides is 2. The van der Waals surface area contributed by atoms with E-state index in [1.807, 2.05) is 30.3 Å². The van der Waals surface area contributed by atoms with E-state index in [2.05, 4.69) is 50.9 Å². The molecule has 1 fully saturated rings. The molecule has 7 nitrogen and oxygen atoms in total. The SMILES string of the molecule is O=C(NC/C=C/c1ncccn1)C(=O)NCc1ccccc1C(=O)CCC1(c2ccc3ccccc3c2)CC1. The molecule has 0 aliphatic heterocycles. The van der Waals surface area contributed by atoms with Gasteiger partial charge in [-0.25, -0.2) is 9.97 Å². The lowest BCUT2D eigenvalue weighted by Gasteiger charge is -2.17. The molecule has 2 N–H and O–H groups in total. The zero-order valence-electron chi connectivity index (χ0n) is 21.6. The van der Waals surface area contributed by atoms with Crippen molar-refractivity contribution in [1.82, 2.24) is 20.6 Å². The minimum Gasteiger partial charge on any atom is -0.344 e. The molecule has 0 atom stereocenters. The molecule has 1 aliphatic rings. The highest BCUT2D eigenvalue weighted by atomic mass is 16.2. The van der Waals surface area contributed by atoms with Crippen LogP contribution in [0.15, 0.2) is 91.3 Å². The molecule has 2 amide bonds. The lowest BCUT2D eigenvalue weighted by Crippen LogP contribution is -2.39. The van der Waals surface area contributed by atoms with Crippen LogP contribution < -0.4 is 10.6 Å². The third kappa shape index (κ3) is 6.44. The van der Waals surface area contributed by atoms with Crippen LogP contribution in [0.25, 0.3) is 16.8 Å². The second kappa shape index (κ2) is 11.8. The van der Waals surface area contributed by atoms with E-state index in [4.69, 9.17) is 0 Å². The predicted molar refractivity (Wildman–Crippen MR) is 151 cm³/mol. The maximum absolute atomic E-state index is 13.2. The maximum atomic E-state index is 13.2. The molecule has 4 aromatic rings. The van der Waals surface area contributed by atoms with Crippen LogP contribution in [0.4, 0.5) is 0 Å². The van der Waals surface area contributed by atoms with Gasteiger partial charge in [-0.15, -0.1) is 0 Å². The number of nitrogens with zero attached hydrogens (tertiary/aromatic N) is 2. The maximum Gasteiger partial charge on any atom is 0.309 e. The number of aromatic nitrogens is 2. The fraction of sp³-hybridized carbons (Fsp3) is 0.219. The summed E-state index contributed by atoms with van der Waals surface area (Å²) in [4.78, 5) is 45.8. The van der Waals surface area contributed by atoms with Crippen LogP contribution in [0, 0.1) is 0 Å². The lowest BCUT2D eigenvalue weighted by molar-refractivity contribution is -0.139. The molecule has 1 saturated carbocycles. The monoisotopic (exact) mass is 518 g/mol. The normalized spacial score (nSPS) is 13.7. The van der Waals surface area contributed by atoms with Crippen molar-refractivity contribution in [2.45, 2.75) is 37.6 Å². The van der Waals surface area contributed by atoms with Crippen molar-refractivity contribution in [2.75, 3.05) is 6.54 Å². The molecular formula is C32H30N4O3. The van der Waals surface area contributed by atoms with Crippen molar-refractivity contribution >= 4 is 34.4 Å². The Kier molecular flexibility index (Phi) is 7.87. The summed E-state index contributed by atoms with van der Waals surface area (Å²) in [6.45, 7) is 0.260. The van der Waals surface area contributed by atoms with E-state index < -0.39 is 11.8 Å². The van der Waals surface area contributed by atoms with Gasteiger partial charge < -0.3 is 10.6 Å².